The first-order valence-corrected chi connectivity index (χ1v) is 15.7. The molecule has 12 heteroatoms. The van der Waals surface area contributed by atoms with Crippen molar-refractivity contribution in [3.8, 4) is 28.4 Å². The lowest BCUT2D eigenvalue weighted by Gasteiger charge is -2.48. The molecule has 3 aromatic heterocycles. The third-order valence-electron chi connectivity index (χ3n) is 8.57. The number of rotatable bonds is 4. The molecule has 0 aliphatic carbocycles. The van der Waals surface area contributed by atoms with Crippen LogP contribution in [0.2, 0.25) is 0 Å². The molecule has 47 heavy (non-hydrogen) atoms. The van der Waals surface area contributed by atoms with E-state index in [4.69, 9.17) is 19.2 Å². The molecule has 1 amide bonds. The van der Waals surface area contributed by atoms with Gasteiger partial charge in [-0.15, -0.1) is 0 Å². The van der Waals surface area contributed by atoms with Gasteiger partial charge in [0.25, 0.3) is 0 Å². The number of ether oxygens (including phenoxy) is 3. The Bertz CT molecular complexity index is 1950. The van der Waals surface area contributed by atoms with Crippen LogP contribution in [-0.4, -0.2) is 70.0 Å². The van der Waals surface area contributed by atoms with E-state index in [9.17, 15) is 9.59 Å². The Morgan fingerprint density at radius 1 is 1.11 bits per heavy atom. The van der Waals surface area contributed by atoms with Gasteiger partial charge in [0.1, 0.15) is 29.5 Å². The first-order chi connectivity index (χ1) is 22.2. The van der Waals surface area contributed by atoms with Gasteiger partial charge < -0.3 is 24.0 Å². The minimum absolute atomic E-state index is 0.0436. The van der Waals surface area contributed by atoms with E-state index in [1.54, 1.807) is 17.2 Å². The molecule has 10 nitrogen and oxygen atoms in total. The van der Waals surface area contributed by atoms with Crippen LogP contribution in [0.4, 0.5) is 19.3 Å². The van der Waals surface area contributed by atoms with Gasteiger partial charge in [0.2, 0.25) is 5.75 Å². The van der Waals surface area contributed by atoms with Crippen LogP contribution in [0.25, 0.3) is 28.0 Å². The van der Waals surface area contributed by atoms with Crippen molar-refractivity contribution in [3.05, 3.63) is 69.8 Å². The van der Waals surface area contributed by atoms with Gasteiger partial charge in [0, 0.05) is 30.7 Å². The maximum Gasteiger partial charge on any atom is 0.410 e. The van der Waals surface area contributed by atoms with Gasteiger partial charge in [-0.05, 0) is 70.4 Å². The van der Waals surface area contributed by atoms with Crippen LogP contribution in [0.5, 0.6) is 11.5 Å². The number of hydrogen-bond donors (Lipinski definition) is 0. The van der Waals surface area contributed by atoms with Crippen LogP contribution in [0.3, 0.4) is 0 Å². The Balaban J connectivity index is 1.63. The van der Waals surface area contributed by atoms with Gasteiger partial charge in [-0.1, -0.05) is 19.9 Å². The SMILES string of the molecule is COc1cccc(F)c1-c1nc2c(cc1F)c1c(c(=O)n2-c2c(C)ccnc2C(C)C)OC[C@H]2CN(C(=O)OC(C)(C)C)[C@H](C)CN12. The Labute approximate surface area is 271 Å². The van der Waals surface area contributed by atoms with E-state index in [-0.39, 0.29) is 59.6 Å². The molecule has 248 valence electrons. The molecule has 0 N–H and O–H groups in total. The molecular weight excluding hydrogens is 608 g/mol. The van der Waals surface area contributed by atoms with E-state index in [1.807, 2.05) is 53.4 Å². The lowest BCUT2D eigenvalue weighted by molar-refractivity contribution is 0.00992. The Morgan fingerprint density at radius 2 is 1.85 bits per heavy atom. The number of piperazine rings is 1. The number of hydrogen-bond acceptors (Lipinski definition) is 8. The molecule has 1 fully saturated rings. The van der Waals surface area contributed by atoms with Crippen molar-refractivity contribution >= 4 is 22.8 Å². The van der Waals surface area contributed by atoms with Crippen molar-refractivity contribution in [3.63, 3.8) is 0 Å². The summed E-state index contributed by atoms with van der Waals surface area (Å²) in [4.78, 5) is 40.7. The third kappa shape index (κ3) is 5.53. The maximum atomic E-state index is 16.3. The number of anilines is 1. The largest absolute Gasteiger partial charge is 0.496 e. The van der Waals surface area contributed by atoms with E-state index in [0.29, 0.717) is 29.0 Å². The standard InChI is InChI=1S/C35H39F2N5O5/c1-18(2)27-29(19(3)12-13-38-27)42-32-22(14-24(37)28(39-32)26-23(36)10-9-11-25(26)45-8)30-31(33(42)43)46-17-21-16-40(20(4)15-41(21)30)34(44)47-35(5,6)7/h9-14,18,20-21H,15-17H2,1-8H3/t20-,21-/m1/s1. The maximum absolute atomic E-state index is 16.3. The number of halogens is 2. The predicted octanol–water partition coefficient (Wildman–Crippen LogP) is 6.37. The number of fused-ring (bicyclic) bond motifs is 5. The summed E-state index contributed by atoms with van der Waals surface area (Å²) in [7, 11) is 1.37. The average Bonchev–Trinajstić information content (AvgIpc) is 3.00. The highest BCUT2D eigenvalue weighted by molar-refractivity contribution is 5.96. The van der Waals surface area contributed by atoms with Gasteiger partial charge in [0.05, 0.1) is 35.8 Å². The van der Waals surface area contributed by atoms with Crippen molar-refractivity contribution in [1.82, 2.24) is 19.4 Å². The second-order valence-corrected chi connectivity index (χ2v) is 13.4. The summed E-state index contributed by atoms with van der Waals surface area (Å²) in [6.45, 7) is 13.8. The summed E-state index contributed by atoms with van der Waals surface area (Å²) < 4.78 is 50.3. The van der Waals surface area contributed by atoms with Crippen LogP contribution < -0.4 is 19.9 Å². The van der Waals surface area contributed by atoms with Crippen LogP contribution in [0.15, 0.2) is 41.3 Å². The summed E-state index contributed by atoms with van der Waals surface area (Å²) in [5.74, 6) is -1.47. The number of carbonyl (C=O) groups is 1. The molecule has 2 aliphatic rings. The molecule has 2 aliphatic heterocycles. The molecule has 1 saturated heterocycles. The van der Waals surface area contributed by atoms with Gasteiger partial charge in [-0.25, -0.2) is 18.6 Å². The fourth-order valence-electron chi connectivity index (χ4n) is 6.44. The summed E-state index contributed by atoms with van der Waals surface area (Å²) in [5.41, 5.74) is 0.729. The van der Waals surface area contributed by atoms with Crippen LogP contribution in [-0.2, 0) is 4.74 Å². The number of carbonyl (C=O) groups excluding carboxylic acids is 1. The van der Waals surface area contributed by atoms with E-state index in [0.717, 1.165) is 5.56 Å². The first kappa shape index (κ1) is 32.2. The van der Waals surface area contributed by atoms with E-state index in [2.05, 4.69) is 4.98 Å². The summed E-state index contributed by atoms with van der Waals surface area (Å²) in [5, 5.41) is 0.303. The summed E-state index contributed by atoms with van der Waals surface area (Å²) in [6.07, 6.45) is 1.23. The van der Waals surface area contributed by atoms with E-state index in [1.165, 1.54) is 35.9 Å². The number of pyridine rings is 3. The third-order valence-corrected chi connectivity index (χ3v) is 8.57. The van der Waals surface area contributed by atoms with Crippen molar-refractivity contribution in [1.29, 1.82) is 0 Å². The lowest BCUT2D eigenvalue weighted by atomic mass is 10.0. The Hall–Kier alpha value is -4.74. The number of aromatic nitrogens is 3. The van der Waals surface area contributed by atoms with Gasteiger partial charge in [0.15, 0.2) is 11.5 Å². The summed E-state index contributed by atoms with van der Waals surface area (Å²) in [6, 6.07) is 6.59. The zero-order valence-electron chi connectivity index (χ0n) is 27.9. The smallest absolute Gasteiger partial charge is 0.410 e. The average molecular weight is 648 g/mol. The monoisotopic (exact) mass is 647 g/mol. The van der Waals surface area contributed by atoms with Crippen molar-refractivity contribution < 1.29 is 27.8 Å². The topological polar surface area (TPSA) is 99.0 Å². The van der Waals surface area contributed by atoms with Crippen LogP contribution >= 0.6 is 0 Å². The molecule has 1 aromatic carbocycles. The van der Waals surface area contributed by atoms with Crippen LogP contribution in [0, 0.1) is 18.6 Å². The second-order valence-electron chi connectivity index (χ2n) is 13.4. The molecule has 5 heterocycles. The first-order valence-electron chi connectivity index (χ1n) is 15.7. The Kier molecular flexibility index (Phi) is 8.09. The predicted molar refractivity (Wildman–Crippen MR) is 175 cm³/mol. The quantitative estimate of drug-likeness (QED) is 0.252. The highest BCUT2D eigenvalue weighted by Gasteiger charge is 2.42. The number of nitrogens with zero attached hydrogens (tertiary/aromatic N) is 5. The minimum atomic E-state index is -0.803. The van der Waals surface area contributed by atoms with Gasteiger partial charge in [-0.3, -0.25) is 14.3 Å². The number of amides is 1. The van der Waals surface area contributed by atoms with Crippen molar-refractivity contribution in [2.45, 2.75) is 72.1 Å². The second kappa shape index (κ2) is 11.8. The number of methoxy groups -OCH3 is 1. The molecule has 0 spiro atoms. The van der Waals surface area contributed by atoms with E-state index < -0.39 is 28.9 Å². The molecule has 0 radical (unpaired) electrons. The molecule has 0 unspecified atom stereocenters. The molecule has 4 aromatic rings. The minimum Gasteiger partial charge on any atom is -0.496 e. The Morgan fingerprint density at radius 3 is 2.53 bits per heavy atom. The number of benzene rings is 1. The van der Waals surface area contributed by atoms with Crippen molar-refractivity contribution in [2.24, 2.45) is 0 Å². The van der Waals surface area contributed by atoms with Gasteiger partial charge in [-0.2, -0.15) is 0 Å². The molecule has 2 atom stereocenters. The fourth-order valence-corrected chi connectivity index (χ4v) is 6.44. The molecule has 6 rings (SSSR count). The molecule has 0 bridgehead atoms. The number of aryl methyl sites for hydroxylation is 1. The van der Waals surface area contributed by atoms with Gasteiger partial charge >= 0.3 is 11.7 Å². The zero-order chi connectivity index (χ0) is 33.9. The molecular formula is C35H39F2N5O5. The highest BCUT2D eigenvalue weighted by atomic mass is 19.1. The van der Waals surface area contributed by atoms with Crippen molar-refractivity contribution in [2.75, 3.05) is 31.7 Å². The lowest BCUT2D eigenvalue weighted by Crippen LogP contribution is -2.62. The van der Waals surface area contributed by atoms with E-state index >= 15 is 8.78 Å². The van der Waals surface area contributed by atoms with Crippen LogP contribution in [0.1, 0.15) is 58.7 Å². The highest BCUT2D eigenvalue weighted by Crippen LogP contribution is 2.43. The summed E-state index contributed by atoms with van der Waals surface area (Å²) >= 11 is 0. The normalized spacial score (nSPS) is 17.8. The fraction of sp³-hybridized carbons (Fsp3) is 0.429. The molecule has 0 saturated carbocycles. The zero-order valence-corrected chi connectivity index (χ0v) is 27.9.